The maximum atomic E-state index is 12.1. The highest BCUT2D eigenvalue weighted by molar-refractivity contribution is 5.93. The van der Waals surface area contributed by atoms with Crippen molar-refractivity contribution < 1.29 is 4.79 Å². The zero-order valence-electron chi connectivity index (χ0n) is 12.2. The minimum Gasteiger partial charge on any atom is -0.370 e. The molecule has 0 aliphatic carbocycles. The van der Waals surface area contributed by atoms with Crippen molar-refractivity contribution in [2.45, 2.75) is 13.3 Å². The van der Waals surface area contributed by atoms with Crippen molar-refractivity contribution in [3.8, 4) is 0 Å². The van der Waals surface area contributed by atoms with Gasteiger partial charge in [0.2, 0.25) is 0 Å². The molecule has 20 heavy (non-hydrogen) atoms. The van der Waals surface area contributed by atoms with E-state index in [1.807, 2.05) is 11.1 Å². The zero-order valence-corrected chi connectivity index (χ0v) is 12.2. The molecule has 0 bridgehead atoms. The Morgan fingerprint density at radius 1 is 1.30 bits per heavy atom. The van der Waals surface area contributed by atoms with Crippen molar-refractivity contribution in [1.29, 1.82) is 0 Å². The lowest BCUT2D eigenvalue weighted by Crippen LogP contribution is -2.52. The monoisotopic (exact) mass is 277 g/mol. The molecule has 0 saturated carbocycles. The lowest BCUT2D eigenvalue weighted by Gasteiger charge is -2.32. The van der Waals surface area contributed by atoms with E-state index in [4.69, 9.17) is 0 Å². The highest BCUT2D eigenvalue weighted by Gasteiger charge is 2.16. The van der Waals surface area contributed by atoms with Crippen molar-refractivity contribution in [2.75, 3.05) is 45.1 Å². The maximum Gasteiger partial charge on any atom is 0.267 e. The summed E-state index contributed by atoms with van der Waals surface area (Å²) in [6.07, 6.45) is 2.66. The first-order valence-electron chi connectivity index (χ1n) is 7.13. The third-order valence-electron chi connectivity index (χ3n) is 3.34. The molecule has 1 aromatic heterocycles. The Hall–Kier alpha value is -1.66. The molecular formula is C14H23N5O. The van der Waals surface area contributed by atoms with Gasteiger partial charge in [-0.1, -0.05) is 6.92 Å². The minimum absolute atomic E-state index is 0.0934. The number of hydrogen-bond acceptors (Lipinski definition) is 5. The Bertz CT molecular complexity index is 426. The van der Waals surface area contributed by atoms with E-state index in [9.17, 15) is 4.79 Å². The SMILES string of the molecule is CCCNc1ccc(C(=O)NN2CCN(C)CC2)cn1. The number of piperazine rings is 1. The van der Waals surface area contributed by atoms with Crippen LogP contribution in [0.25, 0.3) is 0 Å². The minimum atomic E-state index is -0.0934. The van der Waals surface area contributed by atoms with Crippen LogP contribution in [0.15, 0.2) is 18.3 Å². The average Bonchev–Trinajstić information content (AvgIpc) is 2.48. The molecule has 0 atom stereocenters. The van der Waals surface area contributed by atoms with Gasteiger partial charge in [-0.15, -0.1) is 0 Å². The van der Waals surface area contributed by atoms with Crippen LogP contribution in [0.5, 0.6) is 0 Å². The number of carbonyl (C=O) groups is 1. The molecule has 2 rings (SSSR count). The van der Waals surface area contributed by atoms with Gasteiger partial charge in [0.15, 0.2) is 0 Å². The number of pyridine rings is 1. The summed E-state index contributed by atoms with van der Waals surface area (Å²) < 4.78 is 0. The van der Waals surface area contributed by atoms with E-state index in [-0.39, 0.29) is 5.91 Å². The molecule has 0 unspecified atom stereocenters. The van der Waals surface area contributed by atoms with Gasteiger partial charge in [0.05, 0.1) is 5.56 Å². The predicted molar refractivity (Wildman–Crippen MR) is 79.6 cm³/mol. The number of carbonyl (C=O) groups excluding carboxylic acids is 1. The molecule has 6 nitrogen and oxygen atoms in total. The highest BCUT2D eigenvalue weighted by Crippen LogP contribution is 2.06. The van der Waals surface area contributed by atoms with Crippen LogP contribution in [-0.4, -0.2) is 60.6 Å². The van der Waals surface area contributed by atoms with Crippen LogP contribution < -0.4 is 10.7 Å². The van der Waals surface area contributed by atoms with Gasteiger partial charge in [-0.3, -0.25) is 10.2 Å². The van der Waals surface area contributed by atoms with E-state index in [0.717, 1.165) is 45.0 Å². The molecule has 2 N–H and O–H groups in total. The first kappa shape index (κ1) is 14.7. The van der Waals surface area contributed by atoms with Crippen LogP contribution in [0.3, 0.4) is 0 Å². The van der Waals surface area contributed by atoms with Gasteiger partial charge in [-0.2, -0.15) is 0 Å². The summed E-state index contributed by atoms with van der Waals surface area (Å²) in [6, 6.07) is 3.64. The molecule has 1 fully saturated rings. The quantitative estimate of drug-likeness (QED) is 0.833. The summed E-state index contributed by atoms with van der Waals surface area (Å²) in [6.45, 7) is 6.64. The van der Waals surface area contributed by atoms with Crippen LogP contribution in [0.4, 0.5) is 5.82 Å². The number of anilines is 1. The van der Waals surface area contributed by atoms with Crippen LogP contribution in [-0.2, 0) is 0 Å². The van der Waals surface area contributed by atoms with Crippen LogP contribution in [0.1, 0.15) is 23.7 Å². The summed E-state index contributed by atoms with van der Waals surface area (Å²) in [5.74, 6) is 0.715. The van der Waals surface area contributed by atoms with Gasteiger partial charge >= 0.3 is 0 Å². The fourth-order valence-electron chi connectivity index (χ4n) is 2.01. The van der Waals surface area contributed by atoms with Crippen molar-refractivity contribution >= 4 is 11.7 Å². The third-order valence-corrected chi connectivity index (χ3v) is 3.34. The molecule has 1 saturated heterocycles. The second kappa shape index (κ2) is 7.21. The van der Waals surface area contributed by atoms with E-state index in [1.54, 1.807) is 12.3 Å². The largest absolute Gasteiger partial charge is 0.370 e. The van der Waals surface area contributed by atoms with Gasteiger partial charge < -0.3 is 10.2 Å². The molecule has 1 aliphatic heterocycles. The second-order valence-electron chi connectivity index (χ2n) is 5.09. The van der Waals surface area contributed by atoms with Crippen molar-refractivity contribution in [3.05, 3.63) is 23.9 Å². The normalized spacial score (nSPS) is 16.9. The summed E-state index contributed by atoms with van der Waals surface area (Å²) in [4.78, 5) is 18.6. The lowest BCUT2D eigenvalue weighted by atomic mass is 10.2. The first-order chi connectivity index (χ1) is 9.69. The molecule has 0 spiro atoms. The number of nitrogens with one attached hydrogen (secondary N) is 2. The predicted octanol–water partition coefficient (Wildman–Crippen LogP) is 0.796. The van der Waals surface area contributed by atoms with Crippen LogP contribution in [0, 0.1) is 0 Å². The second-order valence-corrected chi connectivity index (χ2v) is 5.09. The fourth-order valence-corrected chi connectivity index (χ4v) is 2.01. The summed E-state index contributed by atoms with van der Waals surface area (Å²) in [5, 5.41) is 5.15. The van der Waals surface area contributed by atoms with Crippen molar-refractivity contribution in [2.24, 2.45) is 0 Å². The molecule has 1 aliphatic rings. The number of hydrogen-bond donors (Lipinski definition) is 2. The number of likely N-dealkylation sites (N-methyl/N-ethyl adjacent to an activating group) is 1. The van der Waals surface area contributed by atoms with Gasteiger partial charge in [-0.25, -0.2) is 9.99 Å². The molecule has 0 aromatic carbocycles. The number of amides is 1. The van der Waals surface area contributed by atoms with E-state index in [2.05, 4.69) is 34.6 Å². The molecule has 2 heterocycles. The van der Waals surface area contributed by atoms with Crippen molar-refractivity contribution in [1.82, 2.24) is 20.3 Å². The standard InChI is InChI=1S/C14H23N5O/c1-3-6-15-13-5-4-12(11-16-13)14(20)17-19-9-7-18(2)8-10-19/h4-5,11H,3,6-10H2,1-2H3,(H,15,16)(H,17,20). The number of aromatic nitrogens is 1. The Balaban J connectivity index is 1.85. The van der Waals surface area contributed by atoms with E-state index < -0.39 is 0 Å². The Labute approximate surface area is 120 Å². The molecule has 6 heteroatoms. The molecule has 1 aromatic rings. The van der Waals surface area contributed by atoms with Gasteiger partial charge in [0.1, 0.15) is 5.82 Å². The molecular weight excluding hydrogens is 254 g/mol. The molecule has 110 valence electrons. The topological polar surface area (TPSA) is 60.5 Å². The summed E-state index contributed by atoms with van der Waals surface area (Å²) in [7, 11) is 2.09. The fraction of sp³-hybridized carbons (Fsp3) is 0.571. The number of nitrogens with zero attached hydrogens (tertiary/aromatic N) is 3. The summed E-state index contributed by atoms with van der Waals surface area (Å²) in [5.41, 5.74) is 3.51. The number of rotatable bonds is 5. The zero-order chi connectivity index (χ0) is 14.4. The van der Waals surface area contributed by atoms with Crippen molar-refractivity contribution in [3.63, 3.8) is 0 Å². The summed E-state index contributed by atoms with van der Waals surface area (Å²) >= 11 is 0. The smallest absolute Gasteiger partial charge is 0.267 e. The van der Waals surface area contributed by atoms with Gasteiger partial charge in [0.25, 0.3) is 5.91 Å². The molecule has 1 amide bonds. The van der Waals surface area contributed by atoms with Gasteiger partial charge in [-0.05, 0) is 25.6 Å². The maximum absolute atomic E-state index is 12.1. The Morgan fingerprint density at radius 2 is 2.05 bits per heavy atom. The van der Waals surface area contributed by atoms with Crippen LogP contribution in [0.2, 0.25) is 0 Å². The van der Waals surface area contributed by atoms with E-state index in [0.29, 0.717) is 5.56 Å². The number of hydrazine groups is 1. The van der Waals surface area contributed by atoms with E-state index in [1.165, 1.54) is 0 Å². The van der Waals surface area contributed by atoms with E-state index >= 15 is 0 Å². The van der Waals surface area contributed by atoms with Gasteiger partial charge in [0, 0.05) is 38.9 Å². The first-order valence-corrected chi connectivity index (χ1v) is 7.13. The third kappa shape index (κ3) is 4.18. The Kier molecular flexibility index (Phi) is 5.31. The molecule has 0 radical (unpaired) electrons. The highest BCUT2D eigenvalue weighted by atomic mass is 16.2. The average molecular weight is 277 g/mol. The van der Waals surface area contributed by atoms with Crippen LogP contribution >= 0.6 is 0 Å². The Morgan fingerprint density at radius 3 is 2.65 bits per heavy atom. The lowest BCUT2D eigenvalue weighted by molar-refractivity contribution is 0.0662.